The van der Waals surface area contributed by atoms with E-state index in [1.165, 1.54) is 11.8 Å². The molecule has 1 N–H and O–H groups in total. The molecule has 0 saturated carbocycles. The second kappa shape index (κ2) is 8.41. The topological polar surface area (TPSA) is 58.6 Å². The van der Waals surface area contributed by atoms with Gasteiger partial charge >= 0.3 is 6.09 Å². The van der Waals surface area contributed by atoms with Crippen LogP contribution in [0.4, 0.5) is 10.5 Å². The lowest BCUT2D eigenvalue weighted by molar-refractivity contribution is -0.118. The lowest BCUT2D eigenvalue weighted by Crippen LogP contribution is -2.28. The summed E-state index contributed by atoms with van der Waals surface area (Å²) in [5.74, 6) is -0.0378. The van der Waals surface area contributed by atoms with Gasteiger partial charge in [-0.3, -0.25) is 9.69 Å². The molecule has 2 amide bonds. The molecular weight excluding hydrogens is 376 g/mol. The molecule has 0 aromatic heterocycles. The highest BCUT2D eigenvalue weighted by molar-refractivity contribution is 5.88. The molecule has 152 valence electrons. The first-order valence-corrected chi connectivity index (χ1v) is 10.0. The lowest BCUT2D eigenvalue weighted by atomic mass is 10.1. The predicted octanol–water partition coefficient (Wildman–Crippen LogP) is 4.71. The van der Waals surface area contributed by atoms with Crippen molar-refractivity contribution in [3.05, 3.63) is 89.5 Å². The summed E-state index contributed by atoms with van der Waals surface area (Å²) in [6.07, 6.45) is -0.0781. The summed E-state index contributed by atoms with van der Waals surface area (Å²) in [5, 5.41) is 2.78. The summed E-state index contributed by atoms with van der Waals surface area (Å²) >= 11 is 0. The maximum absolute atomic E-state index is 12.9. The largest absolute Gasteiger partial charge is 0.436 e. The number of fused-ring (bicyclic) bond motifs is 3. The molecule has 4 rings (SSSR count). The highest BCUT2D eigenvalue weighted by atomic mass is 16.6. The Kier molecular flexibility index (Phi) is 5.53. The predicted molar refractivity (Wildman–Crippen MR) is 117 cm³/mol. The standard InChI is InChI=1S/C25H24N2O3/c1-17(28)26-16-15-18-11-13-19(14-12-18)27(2)25(29)30-24-22-9-5-3-7-20(22)21-8-4-6-10-23(21)24/h3-14,24H,15-16H2,1-2H3,(H,26,28). The van der Waals surface area contributed by atoms with Crippen LogP contribution in [0.5, 0.6) is 0 Å². The average Bonchev–Trinajstić information content (AvgIpc) is 3.07. The molecule has 0 saturated heterocycles. The van der Waals surface area contributed by atoms with Gasteiger partial charge in [-0.1, -0.05) is 60.7 Å². The second-order valence-corrected chi connectivity index (χ2v) is 7.40. The fourth-order valence-electron chi connectivity index (χ4n) is 3.79. The summed E-state index contributed by atoms with van der Waals surface area (Å²) < 4.78 is 5.94. The number of ether oxygens (including phenoxy) is 1. The Bertz CT molecular complexity index is 1030. The summed E-state index contributed by atoms with van der Waals surface area (Å²) in [6.45, 7) is 2.10. The molecule has 3 aromatic carbocycles. The number of benzene rings is 3. The van der Waals surface area contributed by atoms with E-state index in [4.69, 9.17) is 4.74 Å². The number of amides is 2. The monoisotopic (exact) mass is 400 g/mol. The van der Waals surface area contributed by atoms with Crippen LogP contribution in [0, 0.1) is 0 Å². The number of carbonyl (C=O) groups excluding carboxylic acids is 2. The van der Waals surface area contributed by atoms with Gasteiger partial charge in [-0.25, -0.2) is 4.79 Å². The fraction of sp³-hybridized carbons (Fsp3) is 0.200. The maximum Gasteiger partial charge on any atom is 0.414 e. The Labute approximate surface area is 176 Å². The van der Waals surface area contributed by atoms with Crippen LogP contribution in [0.3, 0.4) is 0 Å². The van der Waals surface area contributed by atoms with E-state index in [1.807, 2.05) is 60.7 Å². The minimum absolute atomic E-state index is 0.0378. The van der Waals surface area contributed by atoms with Crippen molar-refractivity contribution < 1.29 is 14.3 Å². The van der Waals surface area contributed by atoms with Crippen LogP contribution in [0.1, 0.15) is 29.7 Å². The summed E-state index contributed by atoms with van der Waals surface area (Å²) in [4.78, 5) is 25.4. The molecule has 5 heteroatoms. The van der Waals surface area contributed by atoms with Gasteiger partial charge in [0.05, 0.1) is 0 Å². The molecule has 0 spiro atoms. The normalized spacial score (nSPS) is 12.1. The zero-order chi connectivity index (χ0) is 21.1. The Morgan fingerprint density at radius 1 is 0.900 bits per heavy atom. The second-order valence-electron chi connectivity index (χ2n) is 7.40. The summed E-state index contributed by atoms with van der Waals surface area (Å²) in [6, 6.07) is 23.8. The minimum atomic E-state index is -0.413. The highest BCUT2D eigenvalue weighted by Crippen LogP contribution is 2.45. The Morgan fingerprint density at radius 3 is 2.03 bits per heavy atom. The summed E-state index contributed by atoms with van der Waals surface area (Å²) in [5.41, 5.74) is 6.08. The molecule has 1 aliphatic carbocycles. The molecule has 3 aromatic rings. The van der Waals surface area contributed by atoms with Gasteiger partial charge in [0.1, 0.15) is 0 Å². The van der Waals surface area contributed by atoms with E-state index in [0.29, 0.717) is 6.54 Å². The van der Waals surface area contributed by atoms with Crippen molar-refractivity contribution in [3.8, 4) is 11.1 Å². The number of anilines is 1. The molecule has 5 nitrogen and oxygen atoms in total. The molecular formula is C25H24N2O3. The molecule has 0 unspecified atom stereocenters. The zero-order valence-electron chi connectivity index (χ0n) is 17.1. The van der Waals surface area contributed by atoms with Gasteiger partial charge in [-0.05, 0) is 35.2 Å². The van der Waals surface area contributed by atoms with E-state index in [9.17, 15) is 9.59 Å². The third kappa shape index (κ3) is 3.92. The molecule has 0 bridgehead atoms. The number of rotatable bonds is 5. The molecule has 0 radical (unpaired) electrons. The Balaban J connectivity index is 1.47. The fourth-order valence-corrected chi connectivity index (χ4v) is 3.79. The molecule has 1 aliphatic rings. The van der Waals surface area contributed by atoms with E-state index in [0.717, 1.165) is 39.9 Å². The van der Waals surface area contributed by atoms with Crippen molar-refractivity contribution in [1.29, 1.82) is 0 Å². The average molecular weight is 400 g/mol. The van der Waals surface area contributed by atoms with E-state index in [1.54, 1.807) is 7.05 Å². The van der Waals surface area contributed by atoms with Gasteiger partial charge in [-0.15, -0.1) is 0 Å². The molecule has 0 fully saturated rings. The van der Waals surface area contributed by atoms with E-state index in [2.05, 4.69) is 17.4 Å². The number of carbonyl (C=O) groups is 2. The van der Waals surface area contributed by atoms with Gasteiger partial charge in [0.25, 0.3) is 0 Å². The molecule has 30 heavy (non-hydrogen) atoms. The Hall–Kier alpha value is -3.60. The quantitative estimate of drug-likeness (QED) is 0.675. The van der Waals surface area contributed by atoms with E-state index < -0.39 is 12.2 Å². The van der Waals surface area contributed by atoms with Crippen molar-refractivity contribution >= 4 is 17.7 Å². The number of nitrogens with one attached hydrogen (secondary N) is 1. The molecule has 0 atom stereocenters. The van der Waals surface area contributed by atoms with E-state index in [-0.39, 0.29) is 5.91 Å². The third-order valence-corrected chi connectivity index (χ3v) is 5.38. The van der Waals surface area contributed by atoms with Gasteiger partial charge in [-0.2, -0.15) is 0 Å². The van der Waals surface area contributed by atoms with Gasteiger partial charge in [0.2, 0.25) is 5.91 Å². The van der Waals surface area contributed by atoms with Crippen LogP contribution >= 0.6 is 0 Å². The van der Waals surface area contributed by atoms with Crippen molar-refractivity contribution in [2.24, 2.45) is 0 Å². The maximum atomic E-state index is 12.9. The third-order valence-electron chi connectivity index (χ3n) is 5.38. The minimum Gasteiger partial charge on any atom is -0.436 e. The van der Waals surface area contributed by atoms with Crippen molar-refractivity contribution in [3.63, 3.8) is 0 Å². The first-order chi connectivity index (χ1) is 14.5. The first kappa shape index (κ1) is 19.7. The Morgan fingerprint density at radius 2 is 1.47 bits per heavy atom. The van der Waals surface area contributed by atoms with Gasteiger partial charge < -0.3 is 10.1 Å². The molecule has 0 aliphatic heterocycles. The van der Waals surface area contributed by atoms with Crippen LogP contribution in [-0.2, 0) is 16.0 Å². The van der Waals surface area contributed by atoms with E-state index >= 15 is 0 Å². The first-order valence-electron chi connectivity index (χ1n) is 10.0. The molecule has 0 heterocycles. The SMILES string of the molecule is CC(=O)NCCc1ccc(N(C)C(=O)OC2c3ccccc3-c3ccccc32)cc1. The number of nitrogens with zero attached hydrogens (tertiary/aromatic N) is 1. The van der Waals surface area contributed by atoms with Crippen molar-refractivity contribution in [1.82, 2.24) is 5.32 Å². The van der Waals surface area contributed by atoms with Crippen LogP contribution in [0.15, 0.2) is 72.8 Å². The summed E-state index contributed by atoms with van der Waals surface area (Å²) in [7, 11) is 1.71. The number of hydrogen-bond acceptors (Lipinski definition) is 3. The van der Waals surface area contributed by atoms with Crippen molar-refractivity contribution in [2.75, 3.05) is 18.5 Å². The van der Waals surface area contributed by atoms with Crippen LogP contribution < -0.4 is 10.2 Å². The number of hydrogen-bond donors (Lipinski definition) is 1. The smallest absolute Gasteiger partial charge is 0.414 e. The van der Waals surface area contributed by atoms with Gasteiger partial charge in [0.15, 0.2) is 6.10 Å². The van der Waals surface area contributed by atoms with Crippen LogP contribution in [0.25, 0.3) is 11.1 Å². The zero-order valence-corrected chi connectivity index (χ0v) is 17.1. The lowest BCUT2D eigenvalue weighted by Gasteiger charge is -2.21. The van der Waals surface area contributed by atoms with Crippen molar-refractivity contribution in [2.45, 2.75) is 19.4 Å². The highest BCUT2D eigenvalue weighted by Gasteiger charge is 2.32. The van der Waals surface area contributed by atoms with Crippen LogP contribution in [-0.4, -0.2) is 25.6 Å². The van der Waals surface area contributed by atoms with Gasteiger partial charge in [0, 0.05) is 37.3 Å². The van der Waals surface area contributed by atoms with Crippen LogP contribution in [0.2, 0.25) is 0 Å².